The Labute approximate surface area is 261 Å². The summed E-state index contributed by atoms with van der Waals surface area (Å²) in [6.45, 7) is 9.15. The summed E-state index contributed by atoms with van der Waals surface area (Å²) in [5, 5.41) is 40.5. The zero-order valence-electron chi connectivity index (χ0n) is 26.3. The fraction of sp³-hybridized carbons (Fsp3) is 0.588. The molecule has 1 unspecified atom stereocenters. The highest BCUT2D eigenvalue weighted by molar-refractivity contribution is 6.01. The number of carbonyl (C=O) groups excluding carboxylic acids is 3. The van der Waals surface area contributed by atoms with Gasteiger partial charge in [0.15, 0.2) is 18.1 Å². The van der Waals surface area contributed by atoms with E-state index in [1.165, 1.54) is 31.2 Å². The van der Waals surface area contributed by atoms with E-state index >= 15 is 8.78 Å². The van der Waals surface area contributed by atoms with Crippen molar-refractivity contribution in [3.8, 4) is 5.75 Å². The Bertz CT molecular complexity index is 1460. The summed E-state index contributed by atoms with van der Waals surface area (Å²) in [6, 6.07) is 5.81. The number of hydrogen-bond acceptors (Lipinski definition) is 8. The van der Waals surface area contributed by atoms with Crippen molar-refractivity contribution in [1.82, 2.24) is 0 Å². The van der Waals surface area contributed by atoms with Gasteiger partial charge in [-0.1, -0.05) is 32.1 Å². The molecule has 246 valence electrons. The molecule has 4 aliphatic rings. The number of benzene rings is 1. The Morgan fingerprint density at radius 2 is 1.71 bits per heavy atom. The number of allylic oxidation sites excluding steroid dienone is 4. The van der Waals surface area contributed by atoms with Crippen molar-refractivity contribution in [2.45, 2.75) is 84.4 Å². The zero-order valence-corrected chi connectivity index (χ0v) is 26.3. The number of Topliss-reactive ketones (excluding diaryl/α,β-unsaturated/α-hetero) is 1. The number of carboxylic acid groups (broad SMARTS) is 1. The molecular weight excluding hydrogens is 590 g/mol. The van der Waals surface area contributed by atoms with Crippen LogP contribution in [0.3, 0.4) is 0 Å². The SMILES string of the molecule is C[C@@H]1C[C@H]2[C@@H]3C[C@H](F)C4=CC(=O)C=C[C@]4(C)C3(F)[C@@H](O)C[C@]2(C)[C@@]1(O)C(=O)COC(=O)C(C)(C)C.O=C(O)c1ccccc1O. The highest BCUT2D eigenvalue weighted by Gasteiger charge is 2.76. The van der Waals surface area contributed by atoms with E-state index in [1.54, 1.807) is 46.8 Å². The number of para-hydroxylation sites is 1. The normalized spacial score (nSPS) is 38.5. The first kappa shape index (κ1) is 34.4. The Morgan fingerprint density at radius 3 is 2.27 bits per heavy atom. The topological polar surface area (TPSA) is 158 Å². The molecule has 1 aromatic carbocycles. The summed E-state index contributed by atoms with van der Waals surface area (Å²) in [7, 11) is 0. The third-order valence-electron chi connectivity index (χ3n) is 10.7. The van der Waals surface area contributed by atoms with E-state index in [0.717, 1.165) is 6.08 Å². The predicted molar refractivity (Wildman–Crippen MR) is 159 cm³/mol. The van der Waals surface area contributed by atoms with Crippen molar-refractivity contribution in [2.24, 2.45) is 34.0 Å². The Hall–Kier alpha value is -3.44. The molecule has 0 aliphatic heterocycles. The number of phenols is 1. The molecule has 0 amide bonds. The lowest BCUT2D eigenvalue weighted by Gasteiger charge is -2.63. The van der Waals surface area contributed by atoms with Gasteiger partial charge in [-0.25, -0.2) is 13.6 Å². The third kappa shape index (κ3) is 5.21. The van der Waals surface area contributed by atoms with Crippen LogP contribution in [0, 0.1) is 34.0 Å². The largest absolute Gasteiger partial charge is 0.507 e. The molecule has 45 heavy (non-hydrogen) atoms. The van der Waals surface area contributed by atoms with Crippen molar-refractivity contribution in [2.75, 3.05) is 6.61 Å². The summed E-state index contributed by atoms with van der Waals surface area (Å²) in [5.41, 5.74) is -7.93. The van der Waals surface area contributed by atoms with Crippen LogP contribution in [0.4, 0.5) is 8.78 Å². The molecular formula is C34H42F2O9. The number of aromatic carboxylic acids is 1. The smallest absolute Gasteiger partial charge is 0.339 e. The van der Waals surface area contributed by atoms with E-state index in [2.05, 4.69) is 0 Å². The molecule has 0 saturated heterocycles. The van der Waals surface area contributed by atoms with Gasteiger partial charge in [0.05, 0.1) is 11.5 Å². The number of ketones is 2. The monoisotopic (exact) mass is 632 g/mol. The van der Waals surface area contributed by atoms with Crippen LogP contribution in [0.15, 0.2) is 48.1 Å². The van der Waals surface area contributed by atoms with E-state index in [1.807, 2.05) is 0 Å². The molecule has 11 heteroatoms. The number of rotatable bonds is 4. The van der Waals surface area contributed by atoms with E-state index in [4.69, 9.17) is 14.9 Å². The number of carbonyl (C=O) groups is 4. The van der Waals surface area contributed by atoms with Crippen molar-refractivity contribution >= 4 is 23.5 Å². The zero-order chi connectivity index (χ0) is 33.9. The van der Waals surface area contributed by atoms with Crippen molar-refractivity contribution < 1.29 is 53.1 Å². The number of esters is 1. The van der Waals surface area contributed by atoms with Gasteiger partial charge < -0.3 is 25.2 Å². The van der Waals surface area contributed by atoms with Gasteiger partial charge in [0.25, 0.3) is 0 Å². The molecule has 5 rings (SSSR count). The van der Waals surface area contributed by atoms with E-state index < -0.39 is 87.7 Å². The van der Waals surface area contributed by atoms with Gasteiger partial charge in [0.2, 0.25) is 5.78 Å². The first-order chi connectivity index (χ1) is 20.7. The third-order valence-corrected chi connectivity index (χ3v) is 10.7. The number of alkyl halides is 2. The van der Waals surface area contributed by atoms with Crippen LogP contribution < -0.4 is 0 Å². The predicted octanol–water partition coefficient (Wildman–Crippen LogP) is 4.53. The Balaban J connectivity index is 0.000000392. The van der Waals surface area contributed by atoms with Crippen LogP contribution in [-0.2, 0) is 19.1 Å². The molecule has 4 aliphatic carbocycles. The molecule has 0 radical (unpaired) electrons. The first-order valence-electron chi connectivity index (χ1n) is 15.1. The van der Waals surface area contributed by atoms with Gasteiger partial charge in [0.1, 0.15) is 23.1 Å². The molecule has 0 spiro atoms. The number of aliphatic hydroxyl groups excluding tert-OH is 1. The van der Waals surface area contributed by atoms with Gasteiger partial charge in [-0.3, -0.25) is 14.4 Å². The molecule has 4 N–H and O–H groups in total. The molecule has 3 saturated carbocycles. The van der Waals surface area contributed by atoms with Gasteiger partial charge >= 0.3 is 11.9 Å². The van der Waals surface area contributed by atoms with Gasteiger partial charge in [0, 0.05) is 16.7 Å². The number of aliphatic hydroxyl groups is 2. The number of carboxylic acids is 1. The average Bonchev–Trinajstić information content (AvgIpc) is 3.15. The maximum atomic E-state index is 17.1. The van der Waals surface area contributed by atoms with Crippen LogP contribution in [0.5, 0.6) is 5.75 Å². The summed E-state index contributed by atoms with van der Waals surface area (Å²) in [6.07, 6.45) is 0.249. The minimum Gasteiger partial charge on any atom is -0.507 e. The van der Waals surface area contributed by atoms with Crippen LogP contribution in [0.1, 0.15) is 71.2 Å². The van der Waals surface area contributed by atoms with Gasteiger partial charge in [-0.2, -0.15) is 0 Å². The first-order valence-corrected chi connectivity index (χ1v) is 15.1. The molecule has 1 aromatic rings. The number of halogens is 2. The number of ether oxygens (including phenoxy) is 1. The second kappa shape index (κ2) is 11.4. The molecule has 0 bridgehead atoms. The lowest BCUT2D eigenvalue weighted by Crippen LogP contribution is -2.70. The Morgan fingerprint density at radius 1 is 1.09 bits per heavy atom. The summed E-state index contributed by atoms with van der Waals surface area (Å²) in [5.74, 6) is -5.25. The quantitative estimate of drug-likeness (QED) is 0.350. The van der Waals surface area contributed by atoms with Gasteiger partial charge in [-0.15, -0.1) is 0 Å². The van der Waals surface area contributed by atoms with Crippen LogP contribution in [0.25, 0.3) is 0 Å². The maximum Gasteiger partial charge on any atom is 0.339 e. The number of hydrogen-bond donors (Lipinski definition) is 4. The molecule has 0 aromatic heterocycles. The fourth-order valence-corrected chi connectivity index (χ4v) is 8.25. The number of fused-ring (bicyclic) bond motifs is 5. The summed E-state index contributed by atoms with van der Waals surface area (Å²) >= 11 is 0. The minimum atomic E-state index is -2.28. The molecule has 0 heterocycles. The van der Waals surface area contributed by atoms with Crippen LogP contribution in [-0.4, -0.2) is 74.1 Å². The van der Waals surface area contributed by atoms with Crippen molar-refractivity contribution in [3.63, 3.8) is 0 Å². The lowest BCUT2D eigenvalue weighted by molar-refractivity contribution is -0.224. The lowest BCUT2D eigenvalue weighted by atomic mass is 9.44. The van der Waals surface area contributed by atoms with E-state index in [0.29, 0.717) is 0 Å². The summed E-state index contributed by atoms with van der Waals surface area (Å²) < 4.78 is 37.8. The fourth-order valence-electron chi connectivity index (χ4n) is 8.25. The Kier molecular flexibility index (Phi) is 8.74. The second-order valence-corrected chi connectivity index (χ2v) is 14.3. The standard InChI is InChI=1S/C27H36F2O6.C7H6O3/c1-14-9-16-17-11-19(28)18-10-15(30)7-8-24(18,5)26(17,29)20(31)12-25(16,6)27(14,34)21(32)13-35-22(33)23(2,3)4;8-6-4-2-1-3-5(6)7(9)10/h7-8,10,14,16-17,19-20,31,34H,9,11-13H2,1-6H3;1-4,8H,(H,9,10)/t14-,16+,17+,19+,20+,24+,25+,26?,27+;/m1./s1. The molecule has 9 nitrogen and oxygen atoms in total. The van der Waals surface area contributed by atoms with Crippen LogP contribution >= 0.6 is 0 Å². The van der Waals surface area contributed by atoms with E-state index in [9.17, 15) is 29.4 Å². The average molecular weight is 633 g/mol. The number of aromatic hydroxyl groups is 1. The highest BCUT2D eigenvalue weighted by Crippen LogP contribution is 2.71. The van der Waals surface area contributed by atoms with Crippen LogP contribution in [0.2, 0.25) is 0 Å². The highest BCUT2D eigenvalue weighted by atomic mass is 19.1. The summed E-state index contributed by atoms with van der Waals surface area (Å²) in [4.78, 5) is 47.8. The van der Waals surface area contributed by atoms with E-state index in [-0.39, 0.29) is 36.1 Å². The molecule has 9 atom stereocenters. The van der Waals surface area contributed by atoms with Gasteiger partial charge in [-0.05, 0) is 88.7 Å². The second-order valence-electron chi connectivity index (χ2n) is 14.3. The van der Waals surface area contributed by atoms with Crippen molar-refractivity contribution in [1.29, 1.82) is 0 Å². The maximum absolute atomic E-state index is 17.1. The molecule has 3 fully saturated rings. The van der Waals surface area contributed by atoms with Crippen molar-refractivity contribution in [3.05, 3.63) is 53.6 Å². The minimum absolute atomic E-state index is 0.0258.